The van der Waals surface area contributed by atoms with Crippen LogP contribution in [0.3, 0.4) is 0 Å². The van der Waals surface area contributed by atoms with Crippen LogP contribution in [0.5, 0.6) is 0 Å². The zero-order chi connectivity index (χ0) is 14.8. The van der Waals surface area contributed by atoms with Crippen LogP contribution in [0.1, 0.15) is 26.7 Å². The molecule has 0 spiro atoms. The third-order valence-corrected chi connectivity index (χ3v) is 4.77. The van der Waals surface area contributed by atoms with Gasteiger partial charge in [-0.1, -0.05) is 29.8 Å². The van der Waals surface area contributed by atoms with Crippen molar-refractivity contribution in [1.29, 1.82) is 0 Å². The van der Waals surface area contributed by atoms with Gasteiger partial charge in [0.15, 0.2) is 0 Å². The molecule has 4 nitrogen and oxygen atoms in total. The molecule has 0 fully saturated rings. The van der Waals surface area contributed by atoms with E-state index in [0.29, 0.717) is 6.54 Å². The van der Waals surface area contributed by atoms with Crippen molar-refractivity contribution < 1.29 is 9.90 Å². The SMILES string of the molecule is Cc1ccc(Cc2nc3c(s2)CN(CC(=O)O)CC3)cc1. The highest BCUT2D eigenvalue weighted by molar-refractivity contribution is 7.11. The molecule has 1 aliphatic heterocycles. The van der Waals surface area contributed by atoms with Crippen LogP contribution in [0.2, 0.25) is 0 Å². The summed E-state index contributed by atoms with van der Waals surface area (Å²) in [6.07, 6.45) is 1.71. The van der Waals surface area contributed by atoms with Gasteiger partial charge in [0.2, 0.25) is 0 Å². The van der Waals surface area contributed by atoms with Crippen molar-refractivity contribution in [3.05, 3.63) is 51.0 Å². The van der Waals surface area contributed by atoms with Gasteiger partial charge in [-0.25, -0.2) is 4.98 Å². The van der Waals surface area contributed by atoms with Crippen LogP contribution in [0.4, 0.5) is 0 Å². The molecule has 2 aromatic rings. The lowest BCUT2D eigenvalue weighted by Crippen LogP contribution is -2.34. The number of nitrogens with zero attached hydrogens (tertiary/aromatic N) is 2. The number of hydrogen-bond acceptors (Lipinski definition) is 4. The number of carboxylic acids is 1. The van der Waals surface area contributed by atoms with E-state index in [1.807, 2.05) is 4.90 Å². The van der Waals surface area contributed by atoms with Crippen LogP contribution < -0.4 is 0 Å². The average Bonchev–Trinajstić information content (AvgIpc) is 2.82. The minimum Gasteiger partial charge on any atom is -0.480 e. The maximum Gasteiger partial charge on any atom is 0.317 e. The van der Waals surface area contributed by atoms with Gasteiger partial charge in [-0.3, -0.25) is 9.69 Å². The molecule has 1 aromatic heterocycles. The second-order valence-corrected chi connectivity index (χ2v) is 6.66. The monoisotopic (exact) mass is 302 g/mol. The normalized spacial score (nSPS) is 14.9. The minimum absolute atomic E-state index is 0.116. The highest BCUT2D eigenvalue weighted by Gasteiger charge is 2.21. The van der Waals surface area contributed by atoms with E-state index in [0.717, 1.165) is 30.1 Å². The van der Waals surface area contributed by atoms with Crippen LogP contribution in [0.25, 0.3) is 0 Å². The Kier molecular flexibility index (Phi) is 4.03. The molecule has 0 saturated carbocycles. The summed E-state index contributed by atoms with van der Waals surface area (Å²) < 4.78 is 0. The van der Waals surface area contributed by atoms with Gasteiger partial charge < -0.3 is 5.11 Å². The summed E-state index contributed by atoms with van der Waals surface area (Å²) in [5, 5.41) is 10.0. The third-order valence-electron chi connectivity index (χ3n) is 3.69. The molecular formula is C16H18N2O2S. The van der Waals surface area contributed by atoms with E-state index in [2.05, 4.69) is 31.2 Å². The predicted molar refractivity (Wildman–Crippen MR) is 82.7 cm³/mol. The second-order valence-electron chi connectivity index (χ2n) is 5.49. The Balaban J connectivity index is 1.71. The van der Waals surface area contributed by atoms with E-state index < -0.39 is 5.97 Å². The van der Waals surface area contributed by atoms with Crippen LogP contribution in [0, 0.1) is 6.92 Å². The topological polar surface area (TPSA) is 53.4 Å². The van der Waals surface area contributed by atoms with Gasteiger partial charge in [0.25, 0.3) is 0 Å². The molecule has 1 aromatic carbocycles. The highest BCUT2D eigenvalue weighted by Crippen LogP contribution is 2.26. The Hall–Kier alpha value is -1.72. The lowest BCUT2D eigenvalue weighted by molar-refractivity contribution is -0.138. The molecule has 1 aliphatic rings. The molecule has 2 heterocycles. The van der Waals surface area contributed by atoms with Crippen LogP contribution in [0.15, 0.2) is 24.3 Å². The van der Waals surface area contributed by atoms with E-state index >= 15 is 0 Å². The molecule has 110 valence electrons. The van der Waals surface area contributed by atoms with Crippen molar-refractivity contribution in [3.63, 3.8) is 0 Å². The fraction of sp³-hybridized carbons (Fsp3) is 0.375. The smallest absolute Gasteiger partial charge is 0.317 e. The van der Waals surface area contributed by atoms with Crippen molar-refractivity contribution >= 4 is 17.3 Å². The standard InChI is InChI=1S/C16H18N2O2S/c1-11-2-4-12(5-3-11)8-15-17-13-6-7-18(10-16(19)20)9-14(13)21-15/h2-5H,6-10H2,1H3,(H,19,20). The number of carbonyl (C=O) groups is 1. The first-order chi connectivity index (χ1) is 10.1. The Morgan fingerprint density at radius 3 is 2.86 bits per heavy atom. The average molecular weight is 302 g/mol. The van der Waals surface area contributed by atoms with Gasteiger partial charge in [0, 0.05) is 30.8 Å². The lowest BCUT2D eigenvalue weighted by atomic mass is 10.1. The summed E-state index contributed by atoms with van der Waals surface area (Å²) >= 11 is 1.72. The van der Waals surface area contributed by atoms with Gasteiger partial charge in [-0.15, -0.1) is 11.3 Å². The van der Waals surface area contributed by atoms with Crippen LogP contribution in [-0.2, 0) is 24.2 Å². The molecular weight excluding hydrogens is 284 g/mol. The quantitative estimate of drug-likeness (QED) is 0.943. The zero-order valence-corrected chi connectivity index (χ0v) is 12.8. The fourth-order valence-corrected chi connectivity index (χ4v) is 3.78. The van der Waals surface area contributed by atoms with E-state index in [1.165, 1.54) is 16.0 Å². The number of hydrogen-bond donors (Lipinski definition) is 1. The van der Waals surface area contributed by atoms with Crippen molar-refractivity contribution in [2.24, 2.45) is 0 Å². The van der Waals surface area contributed by atoms with Gasteiger partial charge in [0.05, 0.1) is 17.2 Å². The Labute approximate surface area is 128 Å². The minimum atomic E-state index is -0.761. The second kappa shape index (κ2) is 5.95. The summed E-state index contributed by atoms with van der Waals surface area (Å²) in [5.74, 6) is -0.761. The number of aliphatic carboxylic acids is 1. The van der Waals surface area contributed by atoms with E-state index in [-0.39, 0.29) is 6.54 Å². The molecule has 0 unspecified atom stereocenters. The molecule has 0 radical (unpaired) electrons. The Morgan fingerprint density at radius 2 is 2.14 bits per heavy atom. The van der Waals surface area contributed by atoms with E-state index in [1.54, 1.807) is 11.3 Å². The third kappa shape index (κ3) is 3.49. The predicted octanol–water partition coefficient (Wildman–Crippen LogP) is 2.49. The molecule has 0 aliphatic carbocycles. The summed E-state index contributed by atoms with van der Waals surface area (Å²) in [7, 11) is 0. The van der Waals surface area contributed by atoms with Crippen molar-refractivity contribution in [2.75, 3.05) is 13.1 Å². The first kappa shape index (κ1) is 14.2. The maximum atomic E-state index is 10.8. The maximum absolute atomic E-state index is 10.8. The van der Waals surface area contributed by atoms with Gasteiger partial charge >= 0.3 is 5.97 Å². The molecule has 0 bridgehead atoms. The number of aromatic nitrogens is 1. The summed E-state index contributed by atoms with van der Waals surface area (Å²) in [6.45, 7) is 3.70. The van der Waals surface area contributed by atoms with Gasteiger partial charge in [-0.2, -0.15) is 0 Å². The molecule has 1 N–H and O–H groups in total. The zero-order valence-electron chi connectivity index (χ0n) is 12.0. The molecule has 5 heteroatoms. The number of carboxylic acid groups (broad SMARTS) is 1. The van der Waals surface area contributed by atoms with E-state index in [4.69, 9.17) is 10.1 Å². The molecule has 0 saturated heterocycles. The van der Waals surface area contributed by atoms with Crippen molar-refractivity contribution in [3.8, 4) is 0 Å². The molecule has 0 amide bonds. The number of thiazole rings is 1. The molecule has 0 atom stereocenters. The Morgan fingerprint density at radius 1 is 1.38 bits per heavy atom. The lowest BCUT2D eigenvalue weighted by Gasteiger charge is -2.23. The molecule has 21 heavy (non-hydrogen) atoms. The summed E-state index contributed by atoms with van der Waals surface area (Å²) in [6, 6.07) is 8.54. The summed E-state index contributed by atoms with van der Waals surface area (Å²) in [4.78, 5) is 18.7. The highest BCUT2D eigenvalue weighted by atomic mass is 32.1. The van der Waals surface area contributed by atoms with Gasteiger partial charge in [-0.05, 0) is 12.5 Å². The molecule has 3 rings (SSSR count). The van der Waals surface area contributed by atoms with Crippen molar-refractivity contribution in [2.45, 2.75) is 26.3 Å². The number of rotatable bonds is 4. The number of fused-ring (bicyclic) bond motifs is 1. The van der Waals surface area contributed by atoms with Crippen LogP contribution >= 0.6 is 11.3 Å². The number of benzene rings is 1. The largest absolute Gasteiger partial charge is 0.480 e. The Bertz CT molecular complexity index is 649. The van der Waals surface area contributed by atoms with E-state index in [9.17, 15) is 4.79 Å². The fourth-order valence-electron chi connectivity index (χ4n) is 2.58. The summed E-state index contributed by atoms with van der Waals surface area (Å²) in [5.41, 5.74) is 3.69. The van der Waals surface area contributed by atoms with Crippen LogP contribution in [-0.4, -0.2) is 34.0 Å². The van der Waals surface area contributed by atoms with Crippen molar-refractivity contribution in [1.82, 2.24) is 9.88 Å². The first-order valence-electron chi connectivity index (χ1n) is 7.07. The number of aryl methyl sites for hydroxylation is 1. The van der Waals surface area contributed by atoms with Gasteiger partial charge in [0.1, 0.15) is 0 Å². The first-order valence-corrected chi connectivity index (χ1v) is 7.89.